The Morgan fingerprint density at radius 2 is 1.79 bits per heavy atom. The first kappa shape index (κ1) is 18.0. The molecule has 0 radical (unpaired) electrons. The fourth-order valence-electron chi connectivity index (χ4n) is 2.49. The van der Waals surface area contributed by atoms with E-state index in [2.05, 4.69) is 0 Å². The highest BCUT2D eigenvalue weighted by Crippen LogP contribution is 2.33. The van der Waals surface area contributed by atoms with Gasteiger partial charge in [-0.1, -0.05) is 30.3 Å². The lowest BCUT2D eigenvalue weighted by Gasteiger charge is -2.15. The van der Waals surface area contributed by atoms with Gasteiger partial charge in [0.05, 0.1) is 11.5 Å². The summed E-state index contributed by atoms with van der Waals surface area (Å²) in [6.07, 6.45) is -3.84. The van der Waals surface area contributed by atoms with Crippen molar-refractivity contribution in [3.8, 4) is 11.1 Å². The van der Waals surface area contributed by atoms with E-state index in [9.17, 15) is 18.0 Å². The molecule has 3 N–H and O–H groups in total. The monoisotopic (exact) mass is 337 g/mol. The van der Waals surface area contributed by atoms with E-state index in [1.807, 2.05) is 0 Å². The van der Waals surface area contributed by atoms with Crippen LogP contribution in [0.25, 0.3) is 11.1 Å². The van der Waals surface area contributed by atoms with Crippen LogP contribution < -0.4 is 5.73 Å². The van der Waals surface area contributed by atoms with Crippen LogP contribution >= 0.6 is 0 Å². The smallest absolute Gasteiger partial charge is 0.416 e. The fourth-order valence-corrected chi connectivity index (χ4v) is 2.49. The predicted octanol–water partition coefficient (Wildman–Crippen LogP) is 4.06. The number of nitrogens with two attached hydrogens (primary N) is 1. The maximum atomic E-state index is 12.7. The highest BCUT2D eigenvalue weighted by molar-refractivity contribution is 5.77. The Kier molecular flexibility index (Phi) is 5.29. The van der Waals surface area contributed by atoms with Crippen molar-refractivity contribution in [3.05, 3.63) is 59.2 Å². The zero-order chi connectivity index (χ0) is 17.9. The Morgan fingerprint density at radius 3 is 2.29 bits per heavy atom. The number of carboxylic acids is 1. The van der Waals surface area contributed by atoms with Gasteiger partial charge in [0.25, 0.3) is 0 Å². The van der Waals surface area contributed by atoms with Crippen LogP contribution in [0.15, 0.2) is 42.5 Å². The second kappa shape index (κ2) is 7.05. The van der Waals surface area contributed by atoms with Crippen LogP contribution in [0, 0.1) is 0 Å². The van der Waals surface area contributed by atoms with Gasteiger partial charge >= 0.3 is 12.1 Å². The first-order valence-electron chi connectivity index (χ1n) is 7.47. The summed E-state index contributed by atoms with van der Waals surface area (Å²) in [6, 6.07) is 10.1. The van der Waals surface area contributed by atoms with E-state index in [4.69, 9.17) is 10.8 Å². The highest BCUT2D eigenvalue weighted by atomic mass is 19.4. The number of aliphatic carboxylic acids is 1. The highest BCUT2D eigenvalue weighted by Gasteiger charge is 2.30. The van der Waals surface area contributed by atoms with E-state index in [0.29, 0.717) is 29.7 Å². The third-order valence-electron chi connectivity index (χ3n) is 3.94. The zero-order valence-electron chi connectivity index (χ0n) is 13.1. The molecule has 0 aliphatic rings. The topological polar surface area (TPSA) is 63.3 Å². The van der Waals surface area contributed by atoms with Crippen LogP contribution in [0.4, 0.5) is 13.2 Å². The molecule has 2 aromatic carbocycles. The van der Waals surface area contributed by atoms with E-state index >= 15 is 0 Å². The van der Waals surface area contributed by atoms with E-state index < -0.39 is 23.6 Å². The molecule has 0 heterocycles. The molecule has 0 aliphatic carbocycles. The van der Waals surface area contributed by atoms with Gasteiger partial charge in [0.15, 0.2) is 0 Å². The lowest BCUT2D eigenvalue weighted by atomic mass is 9.91. The van der Waals surface area contributed by atoms with Crippen molar-refractivity contribution < 1.29 is 23.1 Å². The van der Waals surface area contributed by atoms with Gasteiger partial charge < -0.3 is 10.8 Å². The van der Waals surface area contributed by atoms with Gasteiger partial charge in [-0.05, 0) is 54.3 Å². The molecule has 0 saturated carbocycles. The summed E-state index contributed by atoms with van der Waals surface area (Å²) in [4.78, 5) is 11.2. The average Bonchev–Trinajstić information content (AvgIpc) is 2.54. The van der Waals surface area contributed by atoms with Crippen LogP contribution in [0.2, 0.25) is 0 Å². The number of carbonyl (C=O) groups is 1. The molecular formula is C18H18F3NO2. The lowest BCUT2D eigenvalue weighted by Crippen LogP contribution is -2.09. The average molecular weight is 337 g/mol. The summed E-state index contributed by atoms with van der Waals surface area (Å²) in [7, 11) is 0. The molecule has 6 heteroatoms. The molecule has 0 saturated heterocycles. The zero-order valence-corrected chi connectivity index (χ0v) is 13.1. The Morgan fingerprint density at radius 1 is 1.17 bits per heavy atom. The van der Waals surface area contributed by atoms with E-state index in [1.54, 1.807) is 25.1 Å². The van der Waals surface area contributed by atoms with Gasteiger partial charge in [0, 0.05) is 0 Å². The van der Waals surface area contributed by atoms with Crippen molar-refractivity contribution in [1.82, 2.24) is 0 Å². The third kappa shape index (κ3) is 3.94. The fraction of sp³-hybridized carbons (Fsp3) is 0.278. The van der Waals surface area contributed by atoms with E-state index in [0.717, 1.165) is 17.7 Å². The third-order valence-corrected chi connectivity index (χ3v) is 3.94. The summed E-state index contributed by atoms with van der Waals surface area (Å²) in [5.74, 6) is -1.66. The maximum absolute atomic E-state index is 12.7. The van der Waals surface area contributed by atoms with Gasteiger partial charge in [-0.2, -0.15) is 13.2 Å². The van der Waals surface area contributed by atoms with Crippen LogP contribution in [0.1, 0.15) is 29.5 Å². The number of halogens is 3. The van der Waals surface area contributed by atoms with Crippen molar-refractivity contribution in [2.24, 2.45) is 5.73 Å². The molecule has 0 fully saturated rings. The van der Waals surface area contributed by atoms with Crippen LogP contribution in [0.3, 0.4) is 0 Å². The number of alkyl halides is 3. The molecule has 0 spiro atoms. The van der Waals surface area contributed by atoms with Crippen molar-refractivity contribution in [3.63, 3.8) is 0 Å². The lowest BCUT2D eigenvalue weighted by molar-refractivity contribution is -0.138. The molecule has 0 aliphatic heterocycles. The minimum absolute atomic E-state index is 0.390. The quantitative estimate of drug-likeness (QED) is 0.865. The summed E-state index contributed by atoms with van der Waals surface area (Å²) in [5.41, 5.74) is 7.65. The molecule has 1 atom stereocenters. The van der Waals surface area contributed by atoms with Crippen molar-refractivity contribution >= 4 is 5.97 Å². The number of carboxylic acid groups (broad SMARTS) is 1. The Labute approximate surface area is 137 Å². The summed E-state index contributed by atoms with van der Waals surface area (Å²) >= 11 is 0. The summed E-state index contributed by atoms with van der Waals surface area (Å²) in [6.45, 7) is 1.96. The molecule has 1 unspecified atom stereocenters. The van der Waals surface area contributed by atoms with Gasteiger partial charge in [0.1, 0.15) is 0 Å². The molecule has 2 aromatic rings. The van der Waals surface area contributed by atoms with Crippen LogP contribution in [0.5, 0.6) is 0 Å². The molecular weight excluding hydrogens is 319 g/mol. The standard InChI is InChI=1S/C18H18F3NO2/c1-11(17(23)24)14-3-2-13(8-9-22)16(10-14)12-4-6-15(7-5-12)18(19,20)21/h2-7,10-11H,8-9,22H2,1H3,(H,23,24). The number of hydrogen-bond donors (Lipinski definition) is 2. The Hall–Kier alpha value is -2.34. The molecule has 0 aromatic heterocycles. The Bertz CT molecular complexity index is 724. The van der Waals surface area contributed by atoms with Crippen molar-refractivity contribution in [2.75, 3.05) is 6.54 Å². The first-order valence-corrected chi connectivity index (χ1v) is 7.47. The largest absolute Gasteiger partial charge is 0.481 e. The van der Waals surface area contributed by atoms with Crippen molar-refractivity contribution in [2.45, 2.75) is 25.4 Å². The predicted molar refractivity (Wildman–Crippen MR) is 85.7 cm³/mol. The molecule has 0 bridgehead atoms. The molecule has 0 amide bonds. The van der Waals surface area contributed by atoms with Gasteiger partial charge in [-0.25, -0.2) is 0 Å². The SMILES string of the molecule is CC(C(=O)O)c1ccc(CCN)c(-c2ccc(C(F)(F)F)cc2)c1. The van der Waals surface area contributed by atoms with Gasteiger partial charge in [-0.15, -0.1) is 0 Å². The summed E-state index contributed by atoms with van der Waals surface area (Å²) < 4.78 is 38.1. The minimum atomic E-state index is -4.39. The van der Waals surface area contributed by atoms with Gasteiger partial charge in [0.2, 0.25) is 0 Å². The number of benzene rings is 2. The van der Waals surface area contributed by atoms with E-state index in [1.165, 1.54) is 12.1 Å². The molecule has 128 valence electrons. The summed E-state index contributed by atoms with van der Waals surface area (Å²) in [5, 5.41) is 9.15. The maximum Gasteiger partial charge on any atom is 0.416 e. The van der Waals surface area contributed by atoms with Crippen LogP contribution in [-0.4, -0.2) is 17.6 Å². The van der Waals surface area contributed by atoms with Crippen LogP contribution in [-0.2, 0) is 17.4 Å². The van der Waals surface area contributed by atoms with E-state index in [-0.39, 0.29) is 0 Å². The first-order chi connectivity index (χ1) is 11.2. The number of rotatable bonds is 5. The molecule has 24 heavy (non-hydrogen) atoms. The second-order valence-electron chi connectivity index (χ2n) is 5.59. The number of hydrogen-bond acceptors (Lipinski definition) is 2. The minimum Gasteiger partial charge on any atom is -0.481 e. The van der Waals surface area contributed by atoms with Crippen molar-refractivity contribution in [1.29, 1.82) is 0 Å². The second-order valence-corrected chi connectivity index (χ2v) is 5.59. The van der Waals surface area contributed by atoms with Gasteiger partial charge in [-0.3, -0.25) is 4.79 Å². The molecule has 2 rings (SSSR count). The normalized spacial score (nSPS) is 12.9. The Balaban J connectivity index is 2.49. The molecule has 3 nitrogen and oxygen atoms in total.